The van der Waals surface area contributed by atoms with Gasteiger partial charge in [0.15, 0.2) is 0 Å². The van der Waals surface area contributed by atoms with Gasteiger partial charge in [0.05, 0.1) is 7.11 Å². The van der Waals surface area contributed by atoms with E-state index in [1.54, 1.807) is 14.2 Å². The standard InChI is InChI=1S/C14H19NO4/c1-8-6-11(9(2)10(3)14(8)19-5)15(4)12(16)7-13(17)18/h6H,7H2,1-5H3,(H,17,18). The van der Waals surface area contributed by atoms with Gasteiger partial charge in [0.2, 0.25) is 5.91 Å². The van der Waals surface area contributed by atoms with Crippen LogP contribution in [0.2, 0.25) is 0 Å². The summed E-state index contributed by atoms with van der Waals surface area (Å²) in [4.78, 5) is 23.8. The predicted octanol–water partition coefficient (Wildman–Crippen LogP) is 2.06. The fraction of sp³-hybridized carbons (Fsp3) is 0.429. The number of carboxylic acids is 1. The topological polar surface area (TPSA) is 66.8 Å². The molecule has 0 radical (unpaired) electrons. The van der Waals surface area contributed by atoms with Gasteiger partial charge in [0.1, 0.15) is 12.2 Å². The Kier molecular flexibility index (Phi) is 4.53. The van der Waals surface area contributed by atoms with Crippen molar-refractivity contribution in [1.29, 1.82) is 0 Å². The Morgan fingerprint density at radius 3 is 2.32 bits per heavy atom. The monoisotopic (exact) mass is 265 g/mol. The number of amides is 1. The highest BCUT2D eigenvalue weighted by Crippen LogP contribution is 2.33. The van der Waals surface area contributed by atoms with Crippen molar-refractivity contribution >= 4 is 17.6 Å². The Labute approximate surface area is 112 Å². The van der Waals surface area contributed by atoms with Crippen LogP contribution in [0.25, 0.3) is 0 Å². The van der Waals surface area contributed by atoms with Gasteiger partial charge in [-0.2, -0.15) is 0 Å². The molecule has 0 saturated heterocycles. The molecule has 0 atom stereocenters. The molecule has 1 aromatic carbocycles. The maximum Gasteiger partial charge on any atom is 0.312 e. The van der Waals surface area contributed by atoms with Gasteiger partial charge in [0, 0.05) is 12.7 Å². The Bertz CT molecular complexity index is 523. The molecule has 0 spiro atoms. The van der Waals surface area contributed by atoms with Crippen molar-refractivity contribution in [2.75, 3.05) is 19.1 Å². The van der Waals surface area contributed by atoms with Crippen LogP contribution in [0.1, 0.15) is 23.1 Å². The minimum atomic E-state index is -1.13. The number of anilines is 1. The second-order valence-corrected chi connectivity index (χ2v) is 4.52. The molecule has 0 fully saturated rings. The molecule has 1 aromatic rings. The minimum absolute atomic E-state index is 0.445. The van der Waals surface area contributed by atoms with Crippen LogP contribution in [0.5, 0.6) is 5.75 Å². The van der Waals surface area contributed by atoms with E-state index in [9.17, 15) is 9.59 Å². The van der Waals surface area contributed by atoms with E-state index in [-0.39, 0.29) is 0 Å². The molecule has 1 N–H and O–H groups in total. The number of carbonyl (C=O) groups is 2. The number of nitrogens with zero attached hydrogens (tertiary/aromatic N) is 1. The van der Waals surface area contributed by atoms with Crippen molar-refractivity contribution in [3.8, 4) is 5.75 Å². The van der Waals surface area contributed by atoms with Crippen molar-refractivity contribution < 1.29 is 19.4 Å². The molecule has 19 heavy (non-hydrogen) atoms. The Hall–Kier alpha value is -2.04. The zero-order chi connectivity index (χ0) is 14.7. The lowest BCUT2D eigenvalue weighted by Gasteiger charge is -2.22. The maximum atomic E-state index is 11.8. The third-order valence-electron chi connectivity index (χ3n) is 3.24. The van der Waals surface area contributed by atoms with Gasteiger partial charge in [-0.25, -0.2) is 0 Å². The normalized spacial score (nSPS) is 10.2. The molecule has 104 valence electrons. The molecular formula is C14H19NO4. The average Bonchev–Trinajstić information content (AvgIpc) is 2.32. The summed E-state index contributed by atoms with van der Waals surface area (Å²) in [6.07, 6.45) is -0.514. The molecule has 1 rings (SSSR count). The van der Waals surface area contributed by atoms with E-state index >= 15 is 0 Å². The van der Waals surface area contributed by atoms with Crippen molar-refractivity contribution in [3.63, 3.8) is 0 Å². The highest BCUT2D eigenvalue weighted by Gasteiger charge is 2.19. The summed E-state index contributed by atoms with van der Waals surface area (Å²) in [6.45, 7) is 5.70. The molecule has 5 nitrogen and oxygen atoms in total. The Morgan fingerprint density at radius 2 is 1.84 bits per heavy atom. The van der Waals surface area contributed by atoms with Crippen LogP contribution >= 0.6 is 0 Å². The first-order valence-corrected chi connectivity index (χ1v) is 5.92. The fourth-order valence-electron chi connectivity index (χ4n) is 2.08. The SMILES string of the molecule is COc1c(C)cc(N(C)C(=O)CC(=O)O)c(C)c1C. The van der Waals surface area contributed by atoms with Crippen molar-refractivity contribution in [3.05, 3.63) is 22.8 Å². The lowest BCUT2D eigenvalue weighted by molar-refractivity contribution is -0.140. The second-order valence-electron chi connectivity index (χ2n) is 4.52. The number of aliphatic carboxylic acids is 1. The van der Waals surface area contributed by atoms with Crippen LogP contribution in [-0.4, -0.2) is 31.1 Å². The summed E-state index contributed by atoms with van der Waals surface area (Å²) in [7, 11) is 3.19. The number of ether oxygens (including phenoxy) is 1. The number of aryl methyl sites for hydroxylation is 1. The molecule has 0 aliphatic rings. The van der Waals surface area contributed by atoms with Gasteiger partial charge in [-0.1, -0.05) is 0 Å². The third kappa shape index (κ3) is 3.05. The maximum absolute atomic E-state index is 11.8. The third-order valence-corrected chi connectivity index (χ3v) is 3.24. The smallest absolute Gasteiger partial charge is 0.312 e. The zero-order valence-electron chi connectivity index (χ0n) is 11.9. The van der Waals surface area contributed by atoms with Crippen LogP contribution < -0.4 is 9.64 Å². The first-order valence-electron chi connectivity index (χ1n) is 5.92. The molecule has 1 amide bonds. The number of rotatable bonds is 4. The molecule has 5 heteroatoms. The molecular weight excluding hydrogens is 246 g/mol. The molecule has 0 bridgehead atoms. The number of hydrogen-bond donors (Lipinski definition) is 1. The largest absolute Gasteiger partial charge is 0.496 e. The van der Waals surface area contributed by atoms with E-state index in [1.807, 2.05) is 26.8 Å². The Balaban J connectivity index is 3.21. The van der Waals surface area contributed by atoms with E-state index in [1.165, 1.54) is 4.90 Å². The van der Waals surface area contributed by atoms with Crippen molar-refractivity contribution in [2.24, 2.45) is 0 Å². The highest BCUT2D eigenvalue weighted by molar-refractivity contribution is 6.03. The lowest BCUT2D eigenvalue weighted by Crippen LogP contribution is -2.29. The van der Waals surface area contributed by atoms with E-state index in [0.717, 1.165) is 22.4 Å². The molecule has 0 saturated carbocycles. The van der Waals surface area contributed by atoms with E-state index in [0.29, 0.717) is 5.69 Å². The zero-order valence-corrected chi connectivity index (χ0v) is 11.9. The fourth-order valence-corrected chi connectivity index (χ4v) is 2.08. The summed E-state index contributed by atoms with van der Waals surface area (Å²) >= 11 is 0. The van der Waals surface area contributed by atoms with Crippen LogP contribution in [0, 0.1) is 20.8 Å². The molecule has 0 aromatic heterocycles. The van der Waals surface area contributed by atoms with Gasteiger partial charge in [-0.05, 0) is 43.5 Å². The summed E-state index contributed by atoms with van der Waals surface area (Å²) in [6, 6.07) is 1.83. The quantitative estimate of drug-likeness (QED) is 0.846. The van der Waals surface area contributed by atoms with E-state index in [4.69, 9.17) is 9.84 Å². The summed E-state index contributed by atoms with van der Waals surface area (Å²) in [5, 5.41) is 8.67. The first-order chi connectivity index (χ1) is 8.79. The van der Waals surface area contributed by atoms with Crippen molar-refractivity contribution in [1.82, 2.24) is 0 Å². The van der Waals surface area contributed by atoms with Crippen molar-refractivity contribution in [2.45, 2.75) is 27.2 Å². The first kappa shape index (κ1) is 15.0. The molecule has 0 unspecified atom stereocenters. The second kappa shape index (κ2) is 5.73. The van der Waals surface area contributed by atoms with Gasteiger partial charge < -0.3 is 14.7 Å². The summed E-state index contributed by atoms with van der Waals surface area (Å²) in [5.74, 6) is -0.781. The lowest BCUT2D eigenvalue weighted by atomic mass is 10.0. The minimum Gasteiger partial charge on any atom is -0.496 e. The number of hydrogen-bond acceptors (Lipinski definition) is 3. The number of carboxylic acid groups (broad SMARTS) is 1. The van der Waals surface area contributed by atoms with E-state index in [2.05, 4.69) is 0 Å². The summed E-state index contributed by atoms with van der Waals surface area (Å²) in [5.41, 5.74) is 3.48. The number of carbonyl (C=O) groups excluding carboxylic acids is 1. The average molecular weight is 265 g/mol. The number of benzene rings is 1. The van der Waals surface area contributed by atoms with Crippen LogP contribution in [0.3, 0.4) is 0 Å². The Morgan fingerprint density at radius 1 is 1.26 bits per heavy atom. The van der Waals surface area contributed by atoms with Gasteiger partial charge in [-0.3, -0.25) is 9.59 Å². The van der Waals surface area contributed by atoms with Gasteiger partial charge in [0.25, 0.3) is 0 Å². The van der Waals surface area contributed by atoms with E-state index < -0.39 is 18.3 Å². The summed E-state index contributed by atoms with van der Waals surface area (Å²) < 4.78 is 5.32. The highest BCUT2D eigenvalue weighted by atomic mass is 16.5. The van der Waals surface area contributed by atoms with Crippen LogP contribution in [0.4, 0.5) is 5.69 Å². The predicted molar refractivity (Wildman–Crippen MR) is 72.9 cm³/mol. The van der Waals surface area contributed by atoms with Gasteiger partial charge >= 0.3 is 5.97 Å². The van der Waals surface area contributed by atoms with Crippen LogP contribution in [-0.2, 0) is 9.59 Å². The van der Waals surface area contributed by atoms with Crippen LogP contribution in [0.15, 0.2) is 6.07 Å². The van der Waals surface area contributed by atoms with Gasteiger partial charge in [-0.15, -0.1) is 0 Å². The molecule has 0 aliphatic carbocycles. The molecule has 0 aliphatic heterocycles. The number of methoxy groups -OCH3 is 1. The molecule has 0 heterocycles.